The molecule has 7 nitrogen and oxygen atoms in total. The molecule has 29 heavy (non-hydrogen) atoms. The number of hydrogen-bond acceptors (Lipinski definition) is 5. The third-order valence-corrected chi connectivity index (χ3v) is 5.99. The predicted molar refractivity (Wildman–Crippen MR) is 121 cm³/mol. The van der Waals surface area contributed by atoms with Gasteiger partial charge < -0.3 is 15.4 Å². The van der Waals surface area contributed by atoms with E-state index < -0.39 is 16.4 Å². The summed E-state index contributed by atoms with van der Waals surface area (Å²) in [4.78, 5) is 6.47. The monoisotopic (exact) mass is 566 g/mol. The van der Waals surface area contributed by atoms with Gasteiger partial charge in [-0.05, 0) is 25.1 Å². The van der Waals surface area contributed by atoms with Crippen molar-refractivity contribution in [2.24, 2.45) is 4.99 Å². The Kier molecular flexibility index (Phi) is 11.4. The average Bonchev–Trinajstić information content (AvgIpc) is 2.62. The van der Waals surface area contributed by atoms with Crippen LogP contribution in [0, 0.1) is 0 Å². The van der Waals surface area contributed by atoms with Gasteiger partial charge in [-0.25, -0.2) is 13.4 Å². The summed E-state index contributed by atoms with van der Waals surface area (Å²) in [5.41, 5.74) is 0.450. The van der Waals surface area contributed by atoms with Crippen molar-refractivity contribution in [2.45, 2.75) is 20.1 Å². The third kappa shape index (κ3) is 9.62. The molecule has 166 valence electrons. The average molecular weight is 567 g/mol. The first-order chi connectivity index (χ1) is 13.3. The lowest BCUT2D eigenvalue weighted by atomic mass is 10.2. The van der Waals surface area contributed by atoms with Crippen molar-refractivity contribution >= 4 is 51.4 Å². The maximum Gasteiger partial charge on any atom is 0.387 e. The number of halogens is 4. The van der Waals surface area contributed by atoms with Crippen LogP contribution in [0.15, 0.2) is 23.2 Å². The lowest BCUT2D eigenvalue weighted by molar-refractivity contribution is -0.0504. The van der Waals surface area contributed by atoms with E-state index in [4.69, 9.17) is 11.6 Å². The smallest absolute Gasteiger partial charge is 0.387 e. The van der Waals surface area contributed by atoms with Gasteiger partial charge in [-0.15, -0.1) is 24.0 Å². The van der Waals surface area contributed by atoms with Gasteiger partial charge in [0, 0.05) is 43.3 Å². The van der Waals surface area contributed by atoms with Gasteiger partial charge in [-0.1, -0.05) is 11.6 Å². The van der Waals surface area contributed by atoms with E-state index in [2.05, 4.69) is 25.3 Å². The number of rotatable bonds is 8. The molecule has 1 aromatic rings. The van der Waals surface area contributed by atoms with Crippen molar-refractivity contribution in [3.05, 3.63) is 28.8 Å². The van der Waals surface area contributed by atoms with E-state index in [1.165, 1.54) is 12.1 Å². The maximum atomic E-state index is 12.6. The fourth-order valence-corrected chi connectivity index (χ4v) is 4.17. The summed E-state index contributed by atoms with van der Waals surface area (Å²) in [5.74, 6) is 0.926. The molecule has 2 rings (SSSR count). The van der Waals surface area contributed by atoms with Crippen LogP contribution in [0.5, 0.6) is 5.75 Å². The lowest BCUT2D eigenvalue weighted by Crippen LogP contribution is -2.45. The molecule has 1 fully saturated rings. The zero-order valence-corrected chi connectivity index (χ0v) is 19.9. The number of nitrogens with one attached hydrogen (secondary N) is 2. The largest absolute Gasteiger partial charge is 0.434 e. The van der Waals surface area contributed by atoms with Crippen LogP contribution in [0.3, 0.4) is 0 Å². The molecule has 12 heteroatoms. The van der Waals surface area contributed by atoms with Crippen molar-refractivity contribution in [1.82, 2.24) is 15.5 Å². The standard InChI is InChI=1S/C17H25ClF2N4O3S.HI/c1-2-21-17(22-5-6-24-7-9-28(25,26)10-8-24)23-12-13-11-14(18)3-4-15(13)27-16(19)20;/h3-4,11,16H,2,5-10,12H2,1H3,(H2,21,22,23);1H. The molecular formula is C17H26ClF2IN4O3S. The van der Waals surface area contributed by atoms with E-state index in [-0.39, 0.29) is 47.8 Å². The van der Waals surface area contributed by atoms with E-state index in [1.54, 1.807) is 6.07 Å². The van der Waals surface area contributed by atoms with Gasteiger partial charge >= 0.3 is 6.61 Å². The van der Waals surface area contributed by atoms with Gasteiger partial charge in [-0.2, -0.15) is 8.78 Å². The zero-order chi connectivity index (χ0) is 20.6. The summed E-state index contributed by atoms with van der Waals surface area (Å²) in [7, 11) is -2.90. The summed E-state index contributed by atoms with van der Waals surface area (Å²) in [6.45, 7) is 2.02. The van der Waals surface area contributed by atoms with E-state index >= 15 is 0 Å². The van der Waals surface area contributed by atoms with Crippen molar-refractivity contribution in [3.63, 3.8) is 0 Å². The number of alkyl halides is 2. The van der Waals surface area contributed by atoms with Gasteiger partial charge in [0.2, 0.25) is 0 Å². The van der Waals surface area contributed by atoms with Crippen LogP contribution < -0.4 is 15.4 Å². The number of ether oxygens (including phenoxy) is 1. The Hall–Kier alpha value is -0.920. The minimum Gasteiger partial charge on any atom is -0.434 e. The van der Waals surface area contributed by atoms with E-state index in [1.807, 2.05) is 6.92 Å². The first-order valence-corrected chi connectivity index (χ1v) is 11.2. The van der Waals surface area contributed by atoms with Crippen LogP contribution in [-0.4, -0.2) is 70.1 Å². The first-order valence-electron chi connectivity index (χ1n) is 8.97. The zero-order valence-electron chi connectivity index (χ0n) is 16.0. The second kappa shape index (κ2) is 12.7. The molecular weight excluding hydrogens is 541 g/mol. The van der Waals surface area contributed by atoms with Crippen LogP contribution >= 0.6 is 35.6 Å². The fourth-order valence-electron chi connectivity index (χ4n) is 2.69. The number of hydrogen-bond donors (Lipinski definition) is 2. The highest BCUT2D eigenvalue weighted by Crippen LogP contribution is 2.25. The summed E-state index contributed by atoms with van der Waals surface area (Å²) < 4.78 is 52.5. The first kappa shape index (κ1) is 26.1. The predicted octanol–water partition coefficient (Wildman–Crippen LogP) is 2.34. The SMILES string of the molecule is CCNC(=NCc1cc(Cl)ccc1OC(F)F)NCCN1CCS(=O)(=O)CC1.I. The Labute approximate surface area is 192 Å². The highest BCUT2D eigenvalue weighted by Gasteiger charge is 2.21. The van der Waals surface area contributed by atoms with E-state index in [9.17, 15) is 17.2 Å². The Bertz CT molecular complexity index is 770. The Morgan fingerprint density at radius 1 is 1.31 bits per heavy atom. The highest BCUT2D eigenvalue weighted by molar-refractivity contribution is 14.0. The molecule has 1 aliphatic heterocycles. The minimum absolute atomic E-state index is 0. The number of aliphatic imine (C=N–C) groups is 1. The van der Waals surface area contributed by atoms with Crippen molar-refractivity contribution in [2.75, 3.05) is 44.2 Å². The van der Waals surface area contributed by atoms with Crippen LogP contribution in [-0.2, 0) is 16.4 Å². The van der Waals surface area contributed by atoms with Gasteiger partial charge in [0.15, 0.2) is 15.8 Å². The topological polar surface area (TPSA) is 83.0 Å². The molecule has 0 bridgehead atoms. The lowest BCUT2D eigenvalue weighted by Gasteiger charge is -2.26. The van der Waals surface area contributed by atoms with Gasteiger partial charge in [0.1, 0.15) is 5.75 Å². The molecule has 1 saturated heterocycles. The number of sulfone groups is 1. The second-order valence-electron chi connectivity index (χ2n) is 6.25. The molecule has 0 atom stereocenters. The summed E-state index contributed by atoms with van der Waals surface area (Å²) in [5, 5.41) is 6.65. The molecule has 1 aliphatic rings. The number of benzene rings is 1. The van der Waals surface area contributed by atoms with E-state index in [0.717, 1.165) is 0 Å². The fraction of sp³-hybridized carbons (Fsp3) is 0.588. The molecule has 0 radical (unpaired) electrons. The van der Waals surface area contributed by atoms with Crippen LogP contribution in [0.2, 0.25) is 5.02 Å². The third-order valence-electron chi connectivity index (χ3n) is 4.15. The van der Waals surface area contributed by atoms with Crippen molar-refractivity contribution in [1.29, 1.82) is 0 Å². The van der Waals surface area contributed by atoms with Crippen LogP contribution in [0.25, 0.3) is 0 Å². The maximum absolute atomic E-state index is 12.6. The summed E-state index contributed by atoms with van der Waals surface area (Å²) in [6, 6.07) is 4.42. The van der Waals surface area contributed by atoms with Gasteiger partial charge in [0.05, 0.1) is 18.1 Å². The van der Waals surface area contributed by atoms with Crippen LogP contribution in [0.4, 0.5) is 8.78 Å². The molecule has 1 heterocycles. The molecule has 1 aromatic carbocycles. The highest BCUT2D eigenvalue weighted by atomic mass is 127. The quantitative estimate of drug-likeness (QED) is 0.286. The van der Waals surface area contributed by atoms with Gasteiger partial charge in [0.25, 0.3) is 0 Å². The molecule has 0 aromatic heterocycles. The summed E-state index contributed by atoms with van der Waals surface area (Å²) in [6.07, 6.45) is 0. The Balaban J connectivity index is 0.00000420. The molecule has 0 spiro atoms. The minimum atomic E-state index is -2.93. The van der Waals surface area contributed by atoms with Crippen LogP contribution in [0.1, 0.15) is 12.5 Å². The number of nitrogens with zero attached hydrogens (tertiary/aromatic N) is 2. The Morgan fingerprint density at radius 2 is 2.00 bits per heavy atom. The van der Waals surface area contributed by atoms with Gasteiger partial charge in [-0.3, -0.25) is 4.90 Å². The molecule has 0 amide bonds. The molecule has 0 aliphatic carbocycles. The van der Waals surface area contributed by atoms with E-state index in [0.29, 0.717) is 49.3 Å². The molecule has 0 unspecified atom stereocenters. The van der Waals surface area contributed by atoms with Crippen molar-refractivity contribution in [3.8, 4) is 5.75 Å². The Morgan fingerprint density at radius 3 is 2.62 bits per heavy atom. The normalized spacial score (nSPS) is 16.9. The second-order valence-corrected chi connectivity index (χ2v) is 8.99. The molecule has 2 N–H and O–H groups in total. The summed E-state index contributed by atoms with van der Waals surface area (Å²) >= 11 is 5.95. The molecule has 0 saturated carbocycles. The number of guanidine groups is 1. The van der Waals surface area contributed by atoms with Crippen molar-refractivity contribution < 1.29 is 21.9 Å².